The summed E-state index contributed by atoms with van der Waals surface area (Å²) >= 11 is 0. The van der Waals surface area contributed by atoms with Gasteiger partial charge in [0, 0.05) is 49.4 Å². The number of benzene rings is 2. The van der Waals surface area contributed by atoms with Gasteiger partial charge in [0.2, 0.25) is 0 Å². The number of likely N-dealkylation sites (tertiary alicyclic amines) is 1. The molecule has 0 radical (unpaired) electrons. The largest absolute Gasteiger partial charge is 0.486 e. The van der Waals surface area contributed by atoms with Crippen molar-refractivity contribution in [2.24, 2.45) is 0 Å². The van der Waals surface area contributed by atoms with E-state index < -0.39 is 9.84 Å². The van der Waals surface area contributed by atoms with E-state index in [2.05, 4.69) is 15.0 Å². The second-order valence-corrected chi connectivity index (χ2v) is 12.0. The van der Waals surface area contributed by atoms with Crippen molar-refractivity contribution in [3.63, 3.8) is 0 Å². The van der Waals surface area contributed by atoms with E-state index in [1.54, 1.807) is 35.1 Å². The van der Waals surface area contributed by atoms with Gasteiger partial charge in [0.15, 0.2) is 15.5 Å². The number of aliphatic hydroxyl groups excluding tert-OH is 1. The predicted octanol–water partition coefficient (Wildman–Crippen LogP) is 3.44. The maximum Gasteiger partial charge on any atom is 0.175 e. The van der Waals surface area contributed by atoms with Gasteiger partial charge in [-0.15, -0.1) is 0 Å². The molecule has 1 saturated carbocycles. The lowest BCUT2D eigenvalue weighted by Gasteiger charge is -2.24. The summed E-state index contributed by atoms with van der Waals surface area (Å²) in [6, 6.07) is 14.9. The van der Waals surface area contributed by atoms with Gasteiger partial charge in [-0.1, -0.05) is 24.3 Å². The van der Waals surface area contributed by atoms with E-state index >= 15 is 0 Å². The molecule has 2 aromatic heterocycles. The summed E-state index contributed by atoms with van der Waals surface area (Å²) in [7, 11) is -3.30. The zero-order valence-corrected chi connectivity index (χ0v) is 20.9. The van der Waals surface area contributed by atoms with Crippen molar-refractivity contribution in [2.45, 2.75) is 35.9 Å². The maximum absolute atomic E-state index is 12.0. The van der Waals surface area contributed by atoms with Crippen molar-refractivity contribution in [3.05, 3.63) is 67.1 Å². The fourth-order valence-electron chi connectivity index (χ4n) is 4.88. The number of fused-ring (bicyclic) bond motifs is 1. The van der Waals surface area contributed by atoms with Gasteiger partial charge < -0.3 is 9.84 Å². The first-order valence-electron chi connectivity index (χ1n) is 12.1. The molecule has 186 valence electrons. The van der Waals surface area contributed by atoms with Crippen LogP contribution in [-0.4, -0.2) is 70.6 Å². The Kier molecular flexibility index (Phi) is 5.59. The molecule has 1 unspecified atom stereocenters. The summed E-state index contributed by atoms with van der Waals surface area (Å²) in [5.41, 5.74) is 3.97. The quantitative estimate of drug-likeness (QED) is 0.412. The lowest BCUT2D eigenvalue weighted by molar-refractivity contribution is 0.113. The van der Waals surface area contributed by atoms with E-state index in [0.29, 0.717) is 5.65 Å². The van der Waals surface area contributed by atoms with Gasteiger partial charge >= 0.3 is 0 Å². The summed E-state index contributed by atoms with van der Waals surface area (Å²) in [6.07, 6.45) is 9.34. The second kappa shape index (κ2) is 8.69. The van der Waals surface area contributed by atoms with Crippen LogP contribution in [0.5, 0.6) is 5.75 Å². The Hall–Kier alpha value is -3.27. The summed E-state index contributed by atoms with van der Waals surface area (Å²) in [5.74, 6) is 0.845. The molecule has 2 aliphatic rings. The Balaban J connectivity index is 1.20. The van der Waals surface area contributed by atoms with Crippen LogP contribution in [0, 0.1) is 0 Å². The van der Waals surface area contributed by atoms with Gasteiger partial charge in [0.05, 0.1) is 17.2 Å². The van der Waals surface area contributed by atoms with Crippen molar-refractivity contribution in [2.75, 3.05) is 25.9 Å². The first-order chi connectivity index (χ1) is 17.3. The summed E-state index contributed by atoms with van der Waals surface area (Å²) in [6.45, 7) is 2.53. The molecule has 1 saturated heterocycles. The van der Waals surface area contributed by atoms with Gasteiger partial charge in [0.1, 0.15) is 11.4 Å². The Morgan fingerprint density at radius 3 is 2.58 bits per heavy atom. The Bertz CT molecular complexity index is 1530. The normalized spacial score (nSPS) is 19.6. The average Bonchev–Trinajstić information content (AvgIpc) is 3.27. The number of nitrogens with zero attached hydrogens (tertiary/aromatic N) is 4. The highest BCUT2D eigenvalue weighted by Crippen LogP contribution is 2.42. The molecule has 2 aromatic carbocycles. The molecule has 1 atom stereocenters. The van der Waals surface area contributed by atoms with Crippen molar-refractivity contribution in [1.82, 2.24) is 19.5 Å². The molecule has 0 spiro atoms. The van der Waals surface area contributed by atoms with E-state index in [0.717, 1.165) is 66.9 Å². The van der Waals surface area contributed by atoms with Crippen molar-refractivity contribution < 1.29 is 18.3 Å². The smallest absolute Gasteiger partial charge is 0.175 e. The van der Waals surface area contributed by atoms with Crippen LogP contribution in [0.1, 0.15) is 19.3 Å². The Morgan fingerprint density at radius 2 is 1.89 bits per heavy atom. The Labute approximate surface area is 210 Å². The van der Waals surface area contributed by atoms with Crippen LogP contribution in [0.3, 0.4) is 0 Å². The number of sulfone groups is 1. The third-order valence-corrected chi connectivity index (χ3v) is 8.13. The standard InChI is InChI=1S/C27H28N4O4S/c1-36(33,34)24-4-2-3-20(13-24)25-15-29-31-16-21(14-28-26(25)31)19-5-7-23(8-6-19)35-27(10-11-27)18-30-12-9-22(32)17-30/h2-8,13-16,22,32H,9-12,17-18H2,1H3. The fraction of sp³-hybridized carbons (Fsp3) is 0.333. The third kappa shape index (κ3) is 4.61. The number of hydrogen-bond acceptors (Lipinski definition) is 7. The minimum absolute atomic E-state index is 0.133. The molecule has 3 heterocycles. The van der Waals surface area contributed by atoms with E-state index in [-0.39, 0.29) is 16.6 Å². The molecule has 4 aromatic rings. The Morgan fingerprint density at radius 1 is 1.08 bits per heavy atom. The lowest BCUT2D eigenvalue weighted by atomic mass is 10.1. The minimum atomic E-state index is -3.30. The number of aromatic nitrogens is 3. The van der Waals surface area contributed by atoms with Gasteiger partial charge in [-0.3, -0.25) is 4.90 Å². The lowest BCUT2D eigenvalue weighted by Crippen LogP contribution is -2.36. The molecule has 8 nitrogen and oxygen atoms in total. The van der Waals surface area contributed by atoms with Crippen molar-refractivity contribution >= 4 is 15.5 Å². The number of aliphatic hydroxyl groups is 1. The molecule has 1 aliphatic heterocycles. The molecule has 0 amide bonds. The van der Waals surface area contributed by atoms with Crippen LogP contribution in [0.4, 0.5) is 0 Å². The SMILES string of the molecule is CS(=O)(=O)c1cccc(-c2cnn3cc(-c4ccc(OC5(CN6CCC(O)C6)CC5)cc4)cnc23)c1. The highest BCUT2D eigenvalue weighted by atomic mass is 32.2. The van der Waals surface area contributed by atoms with E-state index in [1.165, 1.54) is 6.26 Å². The molecule has 9 heteroatoms. The first-order valence-corrected chi connectivity index (χ1v) is 14.0. The van der Waals surface area contributed by atoms with E-state index in [4.69, 9.17) is 4.74 Å². The molecule has 6 rings (SSSR count). The van der Waals surface area contributed by atoms with Crippen LogP contribution in [0.15, 0.2) is 72.0 Å². The van der Waals surface area contributed by atoms with E-state index in [1.807, 2.05) is 36.5 Å². The monoisotopic (exact) mass is 504 g/mol. The number of β-amino-alcohol motifs (C(OH)–C–C–N with tert-alkyl or cyclic N) is 1. The van der Waals surface area contributed by atoms with Crippen LogP contribution in [0.25, 0.3) is 27.9 Å². The number of hydrogen-bond donors (Lipinski definition) is 1. The zero-order chi connectivity index (χ0) is 24.9. The fourth-order valence-corrected chi connectivity index (χ4v) is 5.55. The minimum Gasteiger partial charge on any atom is -0.486 e. The topological polar surface area (TPSA) is 97.0 Å². The molecule has 36 heavy (non-hydrogen) atoms. The van der Waals surface area contributed by atoms with Gasteiger partial charge in [0.25, 0.3) is 0 Å². The summed E-state index contributed by atoms with van der Waals surface area (Å²) in [4.78, 5) is 7.20. The van der Waals surface area contributed by atoms with E-state index in [9.17, 15) is 13.5 Å². The van der Waals surface area contributed by atoms with Crippen LogP contribution >= 0.6 is 0 Å². The maximum atomic E-state index is 12.0. The average molecular weight is 505 g/mol. The molecular weight excluding hydrogens is 476 g/mol. The molecule has 1 N–H and O–H groups in total. The predicted molar refractivity (Wildman–Crippen MR) is 137 cm³/mol. The van der Waals surface area contributed by atoms with Gasteiger partial charge in [-0.2, -0.15) is 5.10 Å². The van der Waals surface area contributed by atoms with Gasteiger partial charge in [-0.05, 0) is 54.7 Å². The highest BCUT2D eigenvalue weighted by Gasteiger charge is 2.47. The first kappa shape index (κ1) is 23.1. The molecule has 2 fully saturated rings. The molecular formula is C27H28N4O4S. The zero-order valence-electron chi connectivity index (χ0n) is 20.0. The van der Waals surface area contributed by atoms with Gasteiger partial charge in [-0.25, -0.2) is 17.9 Å². The van der Waals surface area contributed by atoms with Crippen LogP contribution < -0.4 is 4.74 Å². The highest BCUT2D eigenvalue weighted by molar-refractivity contribution is 7.90. The molecule has 0 bridgehead atoms. The summed E-state index contributed by atoms with van der Waals surface area (Å²) < 4.78 is 32.0. The van der Waals surface area contributed by atoms with Crippen molar-refractivity contribution in [3.8, 4) is 28.0 Å². The summed E-state index contributed by atoms with van der Waals surface area (Å²) in [5, 5.41) is 14.3. The van der Waals surface area contributed by atoms with Crippen molar-refractivity contribution in [1.29, 1.82) is 0 Å². The molecule has 1 aliphatic carbocycles. The second-order valence-electron chi connectivity index (χ2n) is 9.96. The third-order valence-electron chi connectivity index (χ3n) is 7.02. The van der Waals surface area contributed by atoms with Crippen LogP contribution in [-0.2, 0) is 9.84 Å². The number of ether oxygens (including phenoxy) is 1. The number of rotatable bonds is 7. The van der Waals surface area contributed by atoms with Crippen LogP contribution in [0.2, 0.25) is 0 Å².